The lowest BCUT2D eigenvalue weighted by Gasteiger charge is -2.21. The number of carbonyl (C=O) groups is 1. The van der Waals surface area contributed by atoms with Crippen LogP contribution in [0.25, 0.3) is 11.1 Å². The summed E-state index contributed by atoms with van der Waals surface area (Å²) < 4.78 is 0. The molecule has 1 fully saturated rings. The third kappa shape index (κ3) is 3.65. The number of nitrogens with one attached hydrogen (secondary N) is 1. The number of rotatable bonds is 4. The summed E-state index contributed by atoms with van der Waals surface area (Å²) in [4.78, 5) is 16.5. The van der Waals surface area contributed by atoms with E-state index in [1.807, 2.05) is 30.5 Å². The zero-order valence-electron chi connectivity index (χ0n) is 15.3. The summed E-state index contributed by atoms with van der Waals surface area (Å²) in [7, 11) is 1.67. The third-order valence-corrected chi connectivity index (χ3v) is 5.22. The molecule has 1 saturated carbocycles. The van der Waals surface area contributed by atoms with Gasteiger partial charge >= 0.3 is 0 Å². The van der Waals surface area contributed by atoms with Crippen molar-refractivity contribution in [2.75, 3.05) is 7.05 Å². The SMILES string of the molecule is CNC(=O)c1ccc(/C(=C(\C)c2ccccn2)C2CCCC2)c(C)c1. The maximum Gasteiger partial charge on any atom is 0.251 e. The standard InChI is InChI=1S/C22H26N2O/c1-15-14-18(22(25)23-3)11-12-19(15)21(17-8-4-5-9-17)16(2)20-10-6-7-13-24-20/h6-7,10-14,17H,4-5,8-9H2,1-3H3,(H,23,25)/b21-16+. The fraction of sp³-hybridized carbons (Fsp3) is 0.364. The van der Waals surface area contributed by atoms with Gasteiger partial charge in [0.05, 0.1) is 5.69 Å². The molecule has 1 aromatic carbocycles. The van der Waals surface area contributed by atoms with Gasteiger partial charge in [-0.25, -0.2) is 0 Å². The van der Waals surface area contributed by atoms with Crippen LogP contribution in [-0.4, -0.2) is 17.9 Å². The highest BCUT2D eigenvalue weighted by Gasteiger charge is 2.24. The number of carbonyl (C=O) groups excluding carboxylic acids is 1. The Labute approximate surface area is 150 Å². The second-order valence-corrected chi connectivity index (χ2v) is 6.84. The quantitative estimate of drug-likeness (QED) is 0.866. The van der Waals surface area contributed by atoms with E-state index in [9.17, 15) is 4.79 Å². The number of allylic oxidation sites excluding steroid dienone is 2. The predicted octanol–water partition coefficient (Wildman–Crippen LogP) is 4.87. The molecule has 0 radical (unpaired) electrons. The van der Waals surface area contributed by atoms with Crippen molar-refractivity contribution in [3.05, 3.63) is 65.0 Å². The molecule has 1 aliphatic rings. The number of hydrogen-bond acceptors (Lipinski definition) is 2. The summed E-state index contributed by atoms with van der Waals surface area (Å²) in [6.45, 7) is 4.28. The Morgan fingerprint density at radius 2 is 1.92 bits per heavy atom. The Morgan fingerprint density at radius 3 is 2.52 bits per heavy atom. The van der Waals surface area contributed by atoms with Crippen LogP contribution in [0.2, 0.25) is 0 Å². The summed E-state index contributed by atoms with van der Waals surface area (Å²) in [6.07, 6.45) is 6.90. The molecule has 0 spiro atoms. The number of aryl methyl sites for hydroxylation is 1. The van der Waals surface area contributed by atoms with Crippen LogP contribution in [0.15, 0.2) is 42.6 Å². The highest BCUT2D eigenvalue weighted by Crippen LogP contribution is 2.41. The first-order valence-corrected chi connectivity index (χ1v) is 9.07. The second-order valence-electron chi connectivity index (χ2n) is 6.84. The van der Waals surface area contributed by atoms with Crippen LogP contribution >= 0.6 is 0 Å². The zero-order chi connectivity index (χ0) is 17.8. The van der Waals surface area contributed by atoms with E-state index < -0.39 is 0 Å². The van der Waals surface area contributed by atoms with Gasteiger partial charge in [0.1, 0.15) is 0 Å². The molecule has 1 aromatic heterocycles. The Kier molecular flexibility index (Phi) is 5.32. The normalized spacial score (nSPS) is 15.8. The third-order valence-electron chi connectivity index (χ3n) is 5.22. The topological polar surface area (TPSA) is 42.0 Å². The minimum atomic E-state index is -0.0394. The van der Waals surface area contributed by atoms with E-state index in [2.05, 4.69) is 36.3 Å². The number of hydrogen-bond donors (Lipinski definition) is 1. The van der Waals surface area contributed by atoms with E-state index in [1.54, 1.807) is 7.05 Å². The van der Waals surface area contributed by atoms with Gasteiger partial charge in [-0.2, -0.15) is 0 Å². The molecule has 0 atom stereocenters. The summed E-state index contributed by atoms with van der Waals surface area (Å²) in [5.41, 5.74) is 6.81. The fourth-order valence-corrected chi connectivity index (χ4v) is 3.92. The maximum atomic E-state index is 11.9. The van der Waals surface area contributed by atoms with Gasteiger partial charge in [-0.1, -0.05) is 25.0 Å². The summed E-state index contributed by atoms with van der Waals surface area (Å²) in [6, 6.07) is 12.1. The first kappa shape index (κ1) is 17.4. The number of aromatic nitrogens is 1. The van der Waals surface area contributed by atoms with Gasteiger partial charge in [-0.05, 0) is 79.1 Å². The van der Waals surface area contributed by atoms with Gasteiger partial charge < -0.3 is 5.32 Å². The van der Waals surface area contributed by atoms with Crippen LogP contribution in [0.4, 0.5) is 0 Å². The van der Waals surface area contributed by atoms with Gasteiger partial charge in [-0.3, -0.25) is 9.78 Å². The highest BCUT2D eigenvalue weighted by atomic mass is 16.1. The molecule has 0 aliphatic heterocycles. The maximum absolute atomic E-state index is 11.9. The smallest absolute Gasteiger partial charge is 0.251 e. The molecule has 1 N–H and O–H groups in total. The van der Waals surface area contributed by atoms with Crippen LogP contribution < -0.4 is 5.32 Å². The van der Waals surface area contributed by atoms with E-state index in [0.717, 1.165) is 11.3 Å². The fourth-order valence-electron chi connectivity index (χ4n) is 3.92. The van der Waals surface area contributed by atoms with E-state index in [0.29, 0.717) is 11.5 Å². The number of pyridine rings is 1. The molecule has 130 valence electrons. The lowest BCUT2D eigenvalue weighted by atomic mass is 9.84. The van der Waals surface area contributed by atoms with Gasteiger partial charge in [0, 0.05) is 18.8 Å². The molecule has 2 aromatic rings. The van der Waals surface area contributed by atoms with Crippen molar-refractivity contribution in [1.29, 1.82) is 0 Å². The lowest BCUT2D eigenvalue weighted by molar-refractivity contribution is 0.0963. The lowest BCUT2D eigenvalue weighted by Crippen LogP contribution is -2.18. The summed E-state index contributed by atoms with van der Waals surface area (Å²) >= 11 is 0. The van der Waals surface area contributed by atoms with Crippen LogP contribution in [-0.2, 0) is 0 Å². The van der Waals surface area contributed by atoms with E-state index in [1.165, 1.54) is 42.4 Å². The summed E-state index contributed by atoms with van der Waals surface area (Å²) in [5.74, 6) is 0.536. The van der Waals surface area contributed by atoms with Crippen molar-refractivity contribution in [2.45, 2.75) is 39.5 Å². The first-order chi connectivity index (χ1) is 12.1. The Hall–Kier alpha value is -2.42. The minimum Gasteiger partial charge on any atom is -0.355 e. The van der Waals surface area contributed by atoms with Crippen molar-refractivity contribution < 1.29 is 4.79 Å². The molecule has 3 rings (SSSR count). The first-order valence-electron chi connectivity index (χ1n) is 9.07. The van der Waals surface area contributed by atoms with Crippen molar-refractivity contribution in [1.82, 2.24) is 10.3 Å². The van der Waals surface area contributed by atoms with Crippen molar-refractivity contribution in [3.8, 4) is 0 Å². The van der Waals surface area contributed by atoms with Crippen molar-refractivity contribution in [2.24, 2.45) is 5.92 Å². The molecule has 1 amide bonds. The van der Waals surface area contributed by atoms with Crippen LogP contribution in [0.3, 0.4) is 0 Å². The largest absolute Gasteiger partial charge is 0.355 e. The molecule has 3 heteroatoms. The average molecular weight is 334 g/mol. The van der Waals surface area contributed by atoms with E-state index >= 15 is 0 Å². The molecular formula is C22H26N2O. The number of nitrogens with zero attached hydrogens (tertiary/aromatic N) is 1. The molecule has 1 aliphatic carbocycles. The van der Waals surface area contributed by atoms with E-state index in [4.69, 9.17) is 0 Å². The Morgan fingerprint density at radius 1 is 1.16 bits per heavy atom. The number of benzene rings is 1. The zero-order valence-corrected chi connectivity index (χ0v) is 15.3. The highest BCUT2D eigenvalue weighted by molar-refractivity contribution is 5.96. The molecule has 0 saturated heterocycles. The van der Waals surface area contributed by atoms with Gasteiger partial charge in [-0.15, -0.1) is 0 Å². The molecule has 25 heavy (non-hydrogen) atoms. The van der Waals surface area contributed by atoms with E-state index in [-0.39, 0.29) is 5.91 Å². The Balaban J connectivity index is 2.11. The molecule has 0 unspecified atom stereocenters. The molecule has 3 nitrogen and oxygen atoms in total. The predicted molar refractivity (Wildman–Crippen MR) is 103 cm³/mol. The summed E-state index contributed by atoms with van der Waals surface area (Å²) in [5, 5.41) is 2.70. The van der Waals surface area contributed by atoms with Crippen LogP contribution in [0, 0.1) is 12.8 Å². The monoisotopic (exact) mass is 334 g/mol. The molecule has 1 heterocycles. The molecular weight excluding hydrogens is 308 g/mol. The van der Waals surface area contributed by atoms with Gasteiger partial charge in [0.15, 0.2) is 0 Å². The van der Waals surface area contributed by atoms with Gasteiger partial charge in [0.2, 0.25) is 0 Å². The van der Waals surface area contributed by atoms with Crippen molar-refractivity contribution >= 4 is 17.1 Å². The molecule has 0 bridgehead atoms. The minimum absolute atomic E-state index is 0.0394. The van der Waals surface area contributed by atoms with Crippen LogP contribution in [0.1, 0.15) is 59.8 Å². The second kappa shape index (κ2) is 7.64. The van der Waals surface area contributed by atoms with Gasteiger partial charge in [0.25, 0.3) is 5.91 Å². The van der Waals surface area contributed by atoms with Crippen LogP contribution in [0.5, 0.6) is 0 Å². The average Bonchev–Trinajstić information content (AvgIpc) is 3.17. The van der Waals surface area contributed by atoms with Crippen molar-refractivity contribution in [3.63, 3.8) is 0 Å². The number of amides is 1. The Bertz CT molecular complexity index is 787.